The number of fused-ring (bicyclic) bond motifs is 2. The summed E-state index contributed by atoms with van der Waals surface area (Å²) in [4.78, 5) is 5.00. The molecule has 12 aromatic rings. The van der Waals surface area contributed by atoms with Crippen LogP contribution in [0, 0.1) is 18.5 Å². The first-order chi connectivity index (χ1) is 33.8. The SMILES string of the molecule is CC(C)(C)c1ccnc(-n2c3[c-]c4ccc3c3cc(ccc32)-c2ccccc2-c2ccccc2-c2ccccc2-c2cccc(c2)-c2ccccc2-[n+]2[c-]n(c3ccccc32)-c2[c-]c(ccc2)O4)c1.[Pt]. The van der Waals surface area contributed by atoms with E-state index in [1.165, 1.54) is 16.7 Å². The fourth-order valence-electron chi connectivity index (χ4n) is 10.2. The van der Waals surface area contributed by atoms with Crippen molar-refractivity contribution in [3.8, 4) is 84.3 Å². The molecule has 5 heterocycles. The second-order valence-corrected chi connectivity index (χ2v) is 18.8. The van der Waals surface area contributed by atoms with Crippen LogP contribution in [0.3, 0.4) is 0 Å². The second kappa shape index (κ2) is 17.1. The minimum atomic E-state index is -0.0743. The molecule has 2 aliphatic rings. The molecule has 14 rings (SSSR count). The number of para-hydroxylation sites is 3. The third-order valence-corrected chi connectivity index (χ3v) is 13.6. The van der Waals surface area contributed by atoms with Gasteiger partial charge in [0.25, 0.3) is 6.33 Å². The Bertz CT molecular complexity index is 4000. The zero-order valence-electron chi connectivity index (χ0n) is 38.7. The third-order valence-electron chi connectivity index (χ3n) is 13.6. The van der Waals surface area contributed by atoms with Crippen LogP contribution < -0.4 is 9.30 Å². The average Bonchev–Trinajstić information content (AvgIpc) is 3.94. The normalized spacial score (nSPS) is 11.9. The van der Waals surface area contributed by atoms with Gasteiger partial charge in [-0.3, -0.25) is 4.57 Å². The first kappa shape index (κ1) is 43.2. The van der Waals surface area contributed by atoms with Gasteiger partial charge in [0.05, 0.1) is 16.7 Å². The van der Waals surface area contributed by atoms with E-state index in [2.05, 4.69) is 235 Å². The van der Waals surface area contributed by atoms with Crippen molar-refractivity contribution in [2.24, 2.45) is 0 Å². The molecule has 0 saturated carbocycles. The Morgan fingerprint density at radius 2 is 1.09 bits per heavy atom. The van der Waals surface area contributed by atoms with Crippen molar-refractivity contribution in [3.05, 3.63) is 236 Å². The van der Waals surface area contributed by atoms with Crippen molar-refractivity contribution < 1.29 is 30.4 Å². The number of aromatic nitrogens is 4. The van der Waals surface area contributed by atoms with E-state index in [-0.39, 0.29) is 26.5 Å². The molecular formula is C64H44N4OPt-2. The van der Waals surface area contributed by atoms with Crippen LogP contribution in [0.4, 0.5) is 0 Å². The Morgan fingerprint density at radius 3 is 1.81 bits per heavy atom. The van der Waals surface area contributed by atoms with E-state index >= 15 is 0 Å². The molecule has 0 amide bonds. The van der Waals surface area contributed by atoms with Crippen molar-refractivity contribution >= 4 is 32.8 Å². The molecule has 5 nitrogen and oxygen atoms in total. The van der Waals surface area contributed by atoms with Gasteiger partial charge in [0.1, 0.15) is 5.82 Å². The van der Waals surface area contributed by atoms with Crippen LogP contribution in [-0.2, 0) is 26.5 Å². The Kier molecular flexibility index (Phi) is 10.6. The number of imidazole rings is 1. The zero-order chi connectivity index (χ0) is 46.2. The van der Waals surface area contributed by atoms with Crippen LogP contribution in [0.15, 0.2) is 212 Å². The van der Waals surface area contributed by atoms with Crippen LogP contribution in [0.25, 0.3) is 106 Å². The fraction of sp³-hybridized carbons (Fsp3) is 0.0625. The summed E-state index contributed by atoms with van der Waals surface area (Å²) in [7, 11) is 0. The number of rotatable bonds is 1. The standard InChI is InChI=1S/C64H44N4O.Pt/c1-64(2,3)45-34-35-65-63(38-45)68-59-33-30-44-37-57(59)56-32-31-48(40-62(56)68)69-47-19-15-18-46(39-47)66-41-67(61-29-13-12-28-60(61)66)58-27-11-10-22-51(58)43-17-14-16-42(36-43)49-20-4-6-23-52(49)54-25-8-9-26-55(54)53-24-7-5-21-50(44)53;/h4-38H,1-3H3;/q-2;. The van der Waals surface area contributed by atoms with Gasteiger partial charge >= 0.3 is 0 Å². The zero-order valence-corrected chi connectivity index (χ0v) is 41.0. The fourth-order valence-corrected chi connectivity index (χ4v) is 10.2. The van der Waals surface area contributed by atoms with Crippen LogP contribution in [0.2, 0.25) is 0 Å². The summed E-state index contributed by atoms with van der Waals surface area (Å²) in [5.74, 6) is 1.97. The number of hydrogen-bond donors (Lipinski definition) is 0. The van der Waals surface area contributed by atoms with E-state index in [9.17, 15) is 0 Å². The minimum absolute atomic E-state index is 0. The van der Waals surface area contributed by atoms with Crippen molar-refractivity contribution in [1.82, 2.24) is 14.1 Å². The van der Waals surface area contributed by atoms with E-state index in [0.29, 0.717) is 11.5 Å². The van der Waals surface area contributed by atoms with Crippen molar-refractivity contribution in [1.29, 1.82) is 0 Å². The van der Waals surface area contributed by atoms with Gasteiger partial charge in [0.2, 0.25) is 0 Å². The molecule has 0 spiro atoms. The molecule has 338 valence electrons. The van der Waals surface area contributed by atoms with E-state index in [1.54, 1.807) is 0 Å². The Hall–Kier alpha value is -8.11. The van der Waals surface area contributed by atoms with E-state index < -0.39 is 0 Å². The molecule has 70 heavy (non-hydrogen) atoms. The maximum atomic E-state index is 6.73. The molecule has 0 N–H and O–H groups in total. The number of benzene rings is 9. The van der Waals surface area contributed by atoms with Crippen LogP contribution in [-0.4, -0.2) is 14.1 Å². The molecule has 3 aromatic heterocycles. The summed E-state index contributed by atoms with van der Waals surface area (Å²) >= 11 is 0. The summed E-state index contributed by atoms with van der Waals surface area (Å²) in [6, 6.07) is 80.9. The Balaban J connectivity index is 0.00000505. The van der Waals surface area contributed by atoms with Gasteiger partial charge < -0.3 is 13.9 Å². The number of nitrogens with zero attached hydrogens (tertiary/aromatic N) is 4. The maximum Gasteiger partial charge on any atom is 0.268 e. The smallest absolute Gasteiger partial charge is 0.268 e. The molecule has 2 aliphatic heterocycles. The third kappa shape index (κ3) is 7.28. The van der Waals surface area contributed by atoms with Crippen molar-refractivity contribution in [3.63, 3.8) is 0 Å². The topological polar surface area (TPSA) is 35.9 Å². The number of pyridine rings is 1. The molecule has 0 atom stereocenters. The molecule has 0 saturated heterocycles. The predicted molar refractivity (Wildman–Crippen MR) is 279 cm³/mol. The molecular weight excluding hydrogens is 1040 g/mol. The maximum absolute atomic E-state index is 6.73. The van der Waals surface area contributed by atoms with Gasteiger partial charge in [0.15, 0.2) is 0 Å². The van der Waals surface area contributed by atoms with E-state index in [4.69, 9.17) is 9.72 Å². The van der Waals surface area contributed by atoms with Crippen LogP contribution in [0.1, 0.15) is 26.3 Å². The minimum Gasteiger partial charge on any atom is -0.510 e. The molecule has 6 heteroatoms. The molecule has 0 unspecified atom stereocenters. The van der Waals surface area contributed by atoms with Gasteiger partial charge in [-0.25, -0.2) is 4.98 Å². The Morgan fingerprint density at radius 1 is 0.486 bits per heavy atom. The van der Waals surface area contributed by atoms with Crippen LogP contribution >= 0.6 is 0 Å². The first-order valence-corrected chi connectivity index (χ1v) is 23.5. The summed E-state index contributed by atoms with van der Waals surface area (Å²) in [6.45, 7) is 6.71. The summed E-state index contributed by atoms with van der Waals surface area (Å²) in [5.41, 5.74) is 18.3. The van der Waals surface area contributed by atoms with E-state index in [1.807, 2.05) is 30.5 Å². The average molecular weight is 1080 g/mol. The molecule has 11 bridgehead atoms. The second-order valence-electron chi connectivity index (χ2n) is 18.8. The van der Waals surface area contributed by atoms with Gasteiger partial charge in [-0.2, -0.15) is 18.2 Å². The van der Waals surface area contributed by atoms with Crippen molar-refractivity contribution in [2.75, 3.05) is 0 Å². The monoisotopic (exact) mass is 1080 g/mol. The van der Waals surface area contributed by atoms with Crippen LogP contribution in [0.5, 0.6) is 11.5 Å². The predicted octanol–water partition coefficient (Wildman–Crippen LogP) is 15.5. The molecule has 0 aliphatic carbocycles. The van der Waals surface area contributed by atoms with Crippen molar-refractivity contribution in [2.45, 2.75) is 26.2 Å². The van der Waals surface area contributed by atoms with Gasteiger partial charge in [-0.15, -0.1) is 29.7 Å². The summed E-state index contributed by atoms with van der Waals surface area (Å²) in [5, 5.41) is 2.16. The quantitative estimate of drug-likeness (QED) is 0.121. The first-order valence-electron chi connectivity index (χ1n) is 23.5. The molecule has 0 fully saturated rings. The number of hydrogen-bond acceptors (Lipinski definition) is 2. The molecule has 9 aromatic carbocycles. The molecule has 0 radical (unpaired) electrons. The van der Waals surface area contributed by atoms with E-state index in [0.717, 1.165) is 94.5 Å². The van der Waals surface area contributed by atoms with Gasteiger partial charge in [0, 0.05) is 44.3 Å². The van der Waals surface area contributed by atoms with Gasteiger partial charge in [-0.05, 0) is 108 Å². The number of ether oxygens (including phenoxy) is 1. The summed E-state index contributed by atoms with van der Waals surface area (Å²) in [6.07, 6.45) is 5.65. The largest absolute Gasteiger partial charge is 0.510 e. The summed E-state index contributed by atoms with van der Waals surface area (Å²) < 4.78 is 13.2. The Labute approximate surface area is 421 Å². The van der Waals surface area contributed by atoms with Gasteiger partial charge in [-0.1, -0.05) is 172 Å².